The quantitative estimate of drug-likeness (QED) is 0.842. The molecule has 1 heterocycles. The van der Waals surface area contributed by atoms with Crippen LogP contribution in [0.25, 0.3) is 0 Å². The average molecular weight is 257 g/mol. The molecule has 0 radical (unpaired) electrons. The number of hydrogen-bond donors (Lipinski definition) is 1. The molecule has 1 N–H and O–H groups in total. The van der Waals surface area contributed by atoms with Crippen LogP contribution in [0.4, 0.5) is 0 Å². The third-order valence-electron chi connectivity index (χ3n) is 3.72. The minimum atomic E-state index is 0.560. The number of aryl methyl sites for hydroxylation is 1. The summed E-state index contributed by atoms with van der Waals surface area (Å²) in [5.41, 5.74) is 2.80. The van der Waals surface area contributed by atoms with Crippen LogP contribution in [0.5, 0.6) is 0 Å². The molecule has 0 aliphatic heterocycles. The summed E-state index contributed by atoms with van der Waals surface area (Å²) in [5, 5.41) is 5.93. The Labute approximate surface area is 113 Å². The van der Waals surface area contributed by atoms with E-state index in [2.05, 4.69) is 54.0 Å². The second-order valence-electron chi connectivity index (χ2n) is 5.14. The van der Waals surface area contributed by atoms with Crippen molar-refractivity contribution in [3.63, 3.8) is 0 Å². The maximum atomic E-state index is 3.75. The number of hydrogen-bond acceptors (Lipinski definition) is 2. The van der Waals surface area contributed by atoms with Gasteiger partial charge in [0.25, 0.3) is 0 Å². The van der Waals surface area contributed by atoms with Crippen molar-refractivity contribution in [1.29, 1.82) is 0 Å². The van der Waals surface area contributed by atoms with Gasteiger partial charge in [-0.15, -0.1) is 11.3 Å². The van der Waals surface area contributed by atoms with E-state index in [1.54, 1.807) is 0 Å². The van der Waals surface area contributed by atoms with Crippen molar-refractivity contribution in [2.24, 2.45) is 5.92 Å². The van der Waals surface area contributed by atoms with Crippen LogP contribution >= 0.6 is 11.3 Å². The van der Waals surface area contributed by atoms with Gasteiger partial charge in [0.2, 0.25) is 0 Å². The first-order valence-corrected chi connectivity index (χ1v) is 7.54. The summed E-state index contributed by atoms with van der Waals surface area (Å²) < 4.78 is 0. The lowest BCUT2D eigenvalue weighted by Gasteiger charge is -2.17. The van der Waals surface area contributed by atoms with Crippen molar-refractivity contribution >= 4 is 11.3 Å². The molecular formula is C16H19NS. The number of thiophene rings is 1. The van der Waals surface area contributed by atoms with Crippen LogP contribution < -0.4 is 5.32 Å². The topological polar surface area (TPSA) is 12.0 Å². The Balaban J connectivity index is 1.69. The van der Waals surface area contributed by atoms with Crippen molar-refractivity contribution in [3.05, 3.63) is 57.8 Å². The van der Waals surface area contributed by atoms with Gasteiger partial charge in [-0.3, -0.25) is 0 Å². The van der Waals surface area contributed by atoms with Crippen molar-refractivity contribution in [1.82, 2.24) is 5.32 Å². The highest BCUT2D eigenvalue weighted by atomic mass is 32.1. The molecular weight excluding hydrogens is 238 g/mol. The molecule has 1 nitrogen and oxygen atoms in total. The third-order valence-corrected chi connectivity index (χ3v) is 4.67. The molecule has 1 aliphatic rings. The second-order valence-corrected chi connectivity index (χ2v) is 6.12. The molecule has 0 amide bonds. The first-order chi connectivity index (χ1) is 8.84. The summed E-state index contributed by atoms with van der Waals surface area (Å²) in [6.45, 7) is 3.17. The average Bonchev–Trinajstić information content (AvgIpc) is 3.07. The van der Waals surface area contributed by atoms with E-state index in [4.69, 9.17) is 0 Å². The predicted molar refractivity (Wildman–Crippen MR) is 77.8 cm³/mol. The van der Waals surface area contributed by atoms with Gasteiger partial charge in [-0.25, -0.2) is 0 Å². The molecule has 1 aromatic carbocycles. The summed E-state index contributed by atoms with van der Waals surface area (Å²) in [7, 11) is 0. The van der Waals surface area contributed by atoms with E-state index >= 15 is 0 Å². The Morgan fingerprint density at radius 1 is 1.22 bits per heavy atom. The lowest BCUT2D eigenvalue weighted by atomic mass is 10.1. The molecule has 1 fully saturated rings. The van der Waals surface area contributed by atoms with Crippen LogP contribution in [-0.2, 0) is 6.54 Å². The van der Waals surface area contributed by atoms with Crippen LogP contribution in [0.1, 0.15) is 34.9 Å². The van der Waals surface area contributed by atoms with Gasteiger partial charge in [0.1, 0.15) is 0 Å². The predicted octanol–water partition coefficient (Wildman–Crippen LogP) is 4.30. The largest absolute Gasteiger partial charge is 0.305 e. The molecule has 1 aromatic heterocycles. The highest BCUT2D eigenvalue weighted by Crippen LogP contribution is 2.42. The van der Waals surface area contributed by atoms with E-state index in [9.17, 15) is 0 Å². The molecule has 94 valence electrons. The molecule has 1 unspecified atom stereocenters. The standard InChI is InChI=1S/C16H19NS/c1-12-5-2-3-6-14(12)11-17-16(13-8-9-13)15-7-4-10-18-15/h2-7,10,13,16-17H,8-9,11H2,1H3. The number of rotatable bonds is 5. The zero-order valence-electron chi connectivity index (χ0n) is 10.7. The molecule has 2 aromatic rings. The zero-order valence-corrected chi connectivity index (χ0v) is 11.5. The summed E-state index contributed by atoms with van der Waals surface area (Å²) >= 11 is 1.88. The fourth-order valence-corrected chi connectivity index (χ4v) is 3.32. The van der Waals surface area contributed by atoms with Gasteiger partial charge >= 0.3 is 0 Å². The van der Waals surface area contributed by atoms with Gasteiger partial charge in [-0.05, 0) is 48.3 Å². The lowest BCUT2D eigenvalue weighted by molar-refractivity contribution is 0.487. The molecule has 0 spiro atoms. The van der Waals surface area contributed by atoms with Crippen molar-refractivity contribution in [2.75, 3.05) is 0 Å². The highest BCUT2D eigenvalue weighted by molar-refractivity contribution is 7.10. The van der Waals surface area contributed by atoms with Gasteiger partial charge in [-0.2, -0.15) is 0 Å². The first-order valence-electron chi connectivity index (χ1n) is 6.66. The summed E-state index contributed by atoms with van der Waals surface area (Å²) in [6, 6.07) is 13.6. The first kappa shape index (κ1) is 11.9. The smallest absolute Gasteiger partial charge is 0.0446 e. The van der Waals surface area contributed by atoms with Gasteiger partial charge in [0.15, 0.2) is 0 Å². The van der Waals surface area contributed by atoms with E-state index in [0.717, 1.165) is 12.5 Å². The summed E-state index contributed by atoms with van der Waals surface area (Å²) in [5.74, 6) is 0.854. The van der Waals surface area contributed by atoms with Crippen molar-refractivity contribution < 1.29 is 0 Å². The zero-order chi connectivity index (χ0) is 12.4. The normalized spacial score (nSPS) is 16.7. The van der Waals surface area contributed by atoms with Crippen LogP contribution in [0.3, 0.4) is 0 Å². The Morgan fingerprint density at radius 2 is 2.06 bits per heavy atom. The van der Waals surface area contributed by atoms with Crippen LogP contribution in [-0.4, -0.2) is 0 Å². The molecule has 1 atom stereocenters. The minimum absolute atomic E-state index is 0.560. The maximum absolute atomic E-state index is 3.75. The fraction of sp³-hybridized carbons (Fsp3) is 0.375. The Kier molecular flexibility index (Phi) is 3.48. The van der Waals surface area contributed by atoms with E-state index in [1.165, 1.54) is 28.8 Å². The Morgan fingerprint density at radius 3 is 2.72 bits per heavy atom. The molecule has 1 aliphatic carbocycles. The fourth-order valence-electron chi connectivity index (χ4n) is 2.43. The summed E-state index contributed by atoms with van der Waals surface area (Å²) in [6.07, 6.45) is 2.76. The van der Waals surface area contributed by atoms with E-state index < -0.39 is 0 Å². The Bertz CT molecular complexity index is 500. The van der Waals surface area contributed by atoms with Gasteiger partial charge in [-0.1, -0.05) is 30.3 Å². The highest BCUT2D eigenvalue weighted by Gasteiger charge is 2.32. The van der Waals surface area contributed by atoms with E-state index in [1.807, 2.05) is 11.3 Å². The molecule has 2 heteroatoms. The number of benzene rings is 1. The molecule has 0 bridgehead atoms. The number of nitrogens with one attached hydrogen (secondary N) is 1. The SMILES string of the molecule is Cc1ccccc1CNC(c1cccs1)C1CC1. The summed E-state index contributed by atoms with van der Waals surface area (Å²) in [4.78, 5) is 1.49. The van der Waals surface area contributed by atoms with E-state index in [-0.39, 0.29) is 0 Å². The molecule has 1 saturated carbocycles. The Hall–Kier alpha value is -1.12. The molecule has 18 heavy (non-hydrogen) atoms. The molecule has 3 rings (SSSR count). The van der Waals surface area contributed by atoms with Gasteiger partial charge in [0.05, 0.1) is 0 Å². The maximum Gasteiger partial charge on any atom is 0.0446 e. The van der Waals surface area contributed by atoms with Gasteiger partial charge in [0, 0.05) is 17.5 Å². The van der Waals surface area contributed by atoms with Crippen molar-refractivity contribution in [3.8, 4) is 0 Å². The lowest BCUT2D eigenvalue weighted by Crippen LogP contribution is -2.22. The van der Waals surface area contributed by atoms with Crippen LogP contribution in [0.15, 0.2) is 41.8 Å². The van der Waals surface area contributed by atoms with E-state index in [0.29, 0.717) is 6.04 Å². The van der Waals surface area contributed by atoms with Crippen LogP contribution in [0, 0.1) is 12.8 Å². The minimum Gasteiger partial charge on any atom is -0.305 e. The van der Waals surface area contributed by atoms with Crippen molar-refractivity contribution in [2.45, 2.75) is 32.4 Å². The monoisotopic (exact) mass is 257 g/mol. The third kappa shape index (κ3) is 2.65. The second kappa shape index (κ2) is 5.25. The van der Waals surface area contributed by atoms with Gasteiger partial charge < -0.3 is 5.32 Å². The molecule has 0 saturated heterocycles. The van der Waals surface area contributed by atoms with Crippen LogP contribution in [0.2, 0.25) is 0 Å².